The van der Waals surface area contributed by atoms with Gasteiger partial charge in [-0.15, -0.1) is 0 Å². The fraction of sp³-hybridized carbons (Fsp3) is 0.389. The lowest BCUT2D eigenvalue weighted by atomic mass is 9.87. The average molecular weight is 317 g/mol. The van der Waals surface area contributed by atoms with Crippen molar-refractivity contribution in [1.82, 2.24) is 5.32 Å². The summed E-state index contributed by atoms with van der Waals surface area (Å²) in [6.07, 6.45) is 1.68. The van der Waals surface area contributed by atoms with E-state index in [2.05, 4.69) is 26.1 Å². The quantitative estimate of drug-likeness (QED) is 0.810. The van der Waals surface area contributed by atoms with Crippen LogP contribution in [0.3, 0.4) is 0 Å². The fourth-order valence-electron chi connectivity index (χ4n) is 2.03. The van der Waals surface area contributed by atoms with E-state index in [1.165, 1.54) is 5.56 Å². The van der Waals surface area contributed by atoms with Crippen LogP contribution in [0.25, 0.3) is 0 Å². The summed E-state index contributed by atoms with van der Waals surface area (Å²) in [5, 5.41) is 2.95. The van der Waals surface area contributed by atoms with Gasteiger partial charge in [-0.1, -0.05) is 32.9 Å². The lowest BCUT2D eigenvalue weighted by molar-refractivity contribution is 0.0956. The molecule has 2 rings (SSSR count). The Kier molecular flexibility index (Phi) is 5.72. The number of hydrogen-bond donors (Lipinski definition) is 1. The van der Waals surface area contributed by atoms with Crippen molar-refractivity contribution < 1.29 is 9.21 Å². The summed E-state index contributed by atoms with van der Waals surface area (Å²) in [5.74, 6) is 2.66. The van der Waals surface area contributed by atoms with Crippen LogP contribution in [0.1, 0.15) is 42.5 Å². The SMILES string of the molecule is CC(C)(C)c1ccc(C(=O)NCCSCc2ccco2)cc1. The minimum absolute atomic E-state index is 0.0148. The second kappa shape index (κ2) is 7.54. The molecule has 0 saturated heterocycles. The van der Waals surface area contributed by atoms with Crippen LogP contribution in [0.2, 0.25) is 0 Å². The summed E-state index contributed by atoms with van der Waals surface area (Å²) in [5.41, 5.74) is 2.06. The molecule has 1 amide bonds. The number of furan rings is 1. The van der Waals surface area contributed by atoms with E-state index in [0.717, 1.165) is 17.3 Å². The van der Waals surface area contributed by atoms with Crippen LogP contribution in [0.4, 0.5) is 0 Å². The predicted octanol–water partition coefficient (Wildman–Crippen LogP) is 4.24. The van der Waals surface area contributed by atoms with Crippen molar-refractivity contribution in [3.05, 3.63) is 59.5 Å². The molecule has 2 aromatic rings. The van der Waals surface area contributed by atoms with Gasteiger partial charge < -0.3 is 9.73 Å². The van der Waals surface area contributed by atoms with Gasteiger partial charge in [-0.25, -0.2) is 0 Å². The van der Waals surface area contributed by atoms with Crippen molar-refractivity contribution in [2.24, 2.45) is 0 Å². The zero-order chi connectivity index (χ0) is 16.0. The molecule has 0 fully saturated rings. The van der Waals surface area contributed by atoms with Gasteiger partial charge in [0, 0.05) is 17.9 Å². The molecule has 0 unspecified atom stereocenters. The summed E-state index contributed by atoms with van der Waals surface area (Å²) in [6.45, 7) is 7.15. The lowest BCUT2D eigenvalue weighted by Crippen LogP contribution is -2.25. The first-order valence-electron chi connectivity index (χ1n) is 7.46. The molecule has 0 aliphatic carbocycles. The van der Waals surface area contributed by atoms with Crippen LogP contribution in [0.15, 0.2) is 47.1 Å². The fourth-order valence-corrected chi connectivity index (χ4v) is 2.78. The van der Waals surface area contributed by atoms with Gasteiger partial charge in [0.1, 0.15) is 5.76 Å². The molecule has 1 aromatic heterocycles. The summed E-state index contributed by atoms with van der Waals surface area (Å²) < 4.78 is 5.26. The van der Waals surface area contributed by atoms with Gasteiger partial charge in [0.25, 0.3) is 5.91 Å². The Hall–Kier alpha value is -1.68. The third-order valence-corrected chi connectivity index (χ3v) is 4.35. The zero-order valence-electron chi connectivity index (χ0n) is 13.4. The minimum atomic E-state index is -0.0148. The Labute approximate surface area is 136 Å². The van der Waals surface area contributed by atoms with Crippen LogP contribution in [0.5, 0.6) is 0 Å². The van der Waals surface area contributed by atoms with Gasteiger partial charge in [0.15, 0.2) is 0 Å². The third kappa shape index (κ3) is 4.95. The monoisotopic (exact) mass is 317 g/mol. The van der Waals surface area contributed by atoms with E-state index in [0.29, 0.717) is 12.1 Å². The minimum Gasteiger partial charge on any atom is -0.468 e. The molecule has 1 heterocycles. The van der Waals surface area contributed by atoms with E-state index >= 15 is 0 Å². The largest absolute Gasteiger partial charge is 0.468 e. The van der Waals surface area contributed by atoms with Gasteiger partial charge in [-0.05, 0) is 35.2 Å². The number of amides is 1. The van der Waals surface area contributed by atoms with Gasteiger partial charge in [0.2, 0.25) is 0 Å². The Morgan fingerprint density at radius 3 is 2.50 bits per heavy atom. The summed E-state index contributed by atoms with van der Waals surface area (Å²) >= 11 is 1.75. The summed E-state index contributed by atoms with van der Waals surface area (Å²) in [4.78, 5) is 12.1. The maximum absolute atomic E-state index is 12.1. The summed E-state index contributed by atoms with van der Waals surface area (Å²) in [6, 6.07) is 11.7. The Balaban J connectivity index is 1.73. The van der Waals surface area contributed by atoms with Crippen molar-refractivity contribution >= 4 is 17.7 Å². The molecule has 0 aliphatic rings. The topological polar surface area (TPSA) is 42.2 Å². The van der Waals surface area contributed by atoms with Gasteiger partial charge in [-0.3, -0.25) is 4.79 Å². The molecule has 1 N–H and O–H groups in total. The van der Waals surface area contributed by atoms with E-state index in [-0.39, 0.29) is 11.3 Å². The molecule has 0 saturated carbocycles. The normalized spacial score (nSPS) is 11.4. The van der Waals surface area contributed by atoms with Crippen LogP contribution < -0.4 is 5.32 Å². The number of nitrogens with one attached hydrogen (secondary N) is 1. The highest BCUT2D eigenvalue weighted by atomic mass is 32.2. The van der Waals surface area contributed by atoms with Crippen LogP contribution in [0, 0.1) is 0 Å². The van der Waals surface area contributed by atoms with Crippen molar-refractivity contribution in [3.63, 3.8) is 0 Å². The van der Waals surface area contributed by atoms with Crippen LogP contribution >= 0.6 is 11.8 Å². The van der Waals surface area contributed by atoms with E-state index in [1.807, 2.05) is 36.4 Å². The number of rotatable bonds is 6. The number of benzene rings is 1. The smallest absolute Gasteiger partial charge is 0.251 e. The van der Waals surface area contributed by atoms with Crippen LogP contribution in [-0.4, -0.2) is 18.2 Å². The van der Waals surface area contributed by atoms with Crippen LogP contribution in [-0.2, 0) is 11.2 Å². The molecular weight excluding hydrogens is 294 g/mol. The molecule has 0 spiro atoms. The van der Waals surface area contributed by atoms with Crippen molar-refractivity contribution in [2.45, 2.75) is 31.9 Å². The van der Waals surface area contributed by atoms with Crippen molar-refractivity contribution in [1.29, 1.82) is 0 Å². The standard InChI is InChI=1S/C18H23NO2S/c1-18(2,3)15-8-6-14(7-9-15)17(20)19-10-12-22-13-16-5-4-11-21-16/h4-9,11H,10,12-13H2,1-3H3,(H,19,20). The molecule has 1 aromatic carbocycles. The van der Waals surface area contributed by atoms with E-state index < -0.39 is 0 Å². The summed E-state index contributed by atoms with van der Waals surface area (Å²) in [7, 11) is 0. The molecule has 22 heavy (non-hydrogen) atoms. The average Bonchev–Trinajstić information content (AvgIpc) is 2.99. The molecule has 118 valence electrons. The first kappa shape index (κ1) is 16.7. The number of thioether (sulfide) groups is 1. The number of carbonyl (C=O) groups is 1. The number of hydrogen-bond acceptors (Lipinski definition) is 3. The van der Waals surface area contributed by atoms with E-state index in [1.54, 1.807) is 18.0 Å². The second-order valence-electron chi connectivity index (χ2n) is 6.22. The Morgan fingerprint density at radius 2 is 1.91 bits per heavy atom. The van der Waals surface area contributed by atoms with E-state index in [4.69, 9.17) is 4.42 Å². The highest BCUT2D eigenvalue weighted by Gasteiger charge is 2.14. The maximum Gasteiger partial charge on any atom is 0.251 e. The highest BCUT2D eigenvalue weighted by molar-refractivity contribution is 7.98. The van der Waals surface area contributed by atoms with Gasteiger partial charge in [0.05, 0.1) is 12.0 Å². The molecule has 0 aliphatic heterocycles. The van der Waals surface area contributed by atoms with E-state index in [9.17, 15) is 4.79 Å². The molecule has 0 atom stereocenters. The first-order valence-corrected chi connectivity index (χ1v) is 8.61. The molecule has 0 bridgehead atoms. The van der Waals surface area contributed by atoms with Crippen molar-refractivity contribution in [2.75, 3.05) is 12.3 Å². The third-order valence-electron chi connectivity index (χ3n) is 3.37. The maximum atomic E-state index is 12.1. The molecule has 3 nitrogen and oxygen atoms in total. The predicted molar refractivity (Wildman–Crippen MR) is 92.3 cm³/mol. The molecular formula is C18H23NO2S. The zero-order valence-corrected chi connectivity index (χ0v) is 14.2. The Morgan fingerprint density at radius 1 is 1.18 bits per heavy atom. The van der Waals surface area contributed by atoms with Gasteiger partial charge >= 0.3 is 0 Å². The highest BCUT2D eigenvalue weighted by Crippen LogP contribution is 2.22. The molecule has 4 heteroatoms. The first-order chi connectivity index (χ1) is 10.5. The second-order valence-corrected chi connectivity index (χ2v) is 7.32. The number of carbonyl (C=O) groups excluding carboxylic acids is 1. The Bertz CT molecular complexity index is 583. The lowest BCUT2D eigenvalue weighted by Gasteiger charge is -2.19. The van der Waals surface area contributed by atoms with Gasteiger partial charge in [-0.2, -0.15) is 11.8 Å². The van der Waals surface area contributed by atoms with Crippen molar-refractivity contribution in [3.8, 4) is 0 Å². The molecule has 0 radical (unpaired) electrons.